The van der Waals surface area contributed by atoms with Gasteiger partial charge in [0.25, 0.3) is 5.91 Å². The molecule has 0 unspecified atom stereocenters. The maximum atomic E-state index is 11.3. The molecule has 1 aromatic rings. The van der Waals surface area contributed by atoms with Crippen molar-refractivity contribution >= 4 is 57.4 Å². The van der Waals surface area contributed by atoms with Crippen molar-refractivity contribution in [2.45, 2.75) is 12.8 Å². The summed E-state index contributed by atoms with van der Waals surface area (Å²) in [7, 11) is 0. The van der Waals surface area contributed by atoms with Gasteiger partial charge in [-0.3, -0.25) is 9.59 Å². The van der Waals surface area contributed by atoms with Crippen LogP contribution < -0.4 is 5.32 Å². The van der Waals surface area contributed by atoms with Crippen molar-refractivity contribution in [2.24, 2.45) is 0 Å². The van der Waals surface area contributed by atoms with Gasteiger partial charge in [-0.25, -0.2) is 0 Å². The van der Waals surface area contributed by atoms with Crippen molar-refractivity contribution in [1.29, 1.82) is 0 Å². The fourth-order valence-corrected chi connectivity index (χ4v) is 1.17. The number of nitrogens with zero attached hydrogens (tertiary/aromatic N) is 1. The van der Waals surface area contributed by atoms with Gasteiger partial charge in [0, 0.05) is 19.0 Å². The molecule has 0 aromatic carbocycles. The number of nitrogens with one attached hydrogen (secondary N) is 1. The molecule has 0 aliphatic carbocycles. The van der Waals surface area contributed by atoms with Crippen LogP contribution in [0.4, 0.5) is 0 Å². The van der Waals surface area contributed by atoms with Crippen LogP contribution in [0.3, 0.4) is 0 Å². The zero-order valence-corrected chi connectivity index (χ0v) is 9.28. The summed E-state index contributed by atoms with van der Waals surface area (Å²) >= 11 is 3.04. The summed E-state index contributed by atoms with van der Waals surface area (Å²) in [6.45, 7) is 0.295. The molecule has 0 spiro atoms. The van der Waals surface area contributed by atoms with Crippen LogP contribution in [0.5, 0.6) is 0 Å². The second kappa shape index (κ2) is 7.83. The molecule has 0 aliphatic heterocycles. The first kappa shape index (κ1) is 15.6. The number of carboxylic acid groups (broad SMARTS) is 1. The number of amides is 1. The summed E-state index contributed by atoms with van der Waals surface area (Å²) < 4.78 is 5.12. The summed E-state index contributed by atoms with van der Waals surface area (Å²) in [5.41, 5.74) is 0. The van der Waals surface area contributed by atoms with Crippen molar-refractivity contribution in [1.82, 2.24) is 10.5 Å². The molecule has 0 atom stereocenters. The van der Waals surface area contributed by atoms with Crippen LogP contribution in [0.25, 0.3) is 0 Å². The van der Waals surface area contributed by atoms with Crippen LogP contribution in [0, 0.1) is 0 Å². The molecule has 0 radical (unpaired) electrons. The molecule has 1 rings (SSSR count). The fourth-order valence-electron chi connectivity index (χ4n) is 0.889. The van der Waals surface area contributed by atoms with Crippen LogP contribution in [0.2, 0.25) is 0 Å². The Kier molecular flexibility index (Phi) is 7.65. The molecule has 0 bridgehead atoms. The van der Waals surface area contributed by atoms with Crippen LogP contribution >= 0.6 is 15.9 Å². The Labute approximate surface area is 122 Å². The molecule has 0 aliphatic rings. The van der Waals surface area contributed by atoms with Crippen molar-refractivity contribution in [3.63, 3.8) is 0 Å². The van der Waals surface area contributed by atoms with E-state index in [0.717, 1.165) is 0 Å². The van der Waals surface area contributed by atoms with Crippen molar-refractivity contribution in [2.75, 3.05) is 6.54 Å². The van der Waals surface area contributed by atoms with Crippen LogP contribution in [0.15, 0.2) is 15.2 Å². The maximum absolute atomic E-state index is 11.3. The molecule has 0 fully saturated rings. The normalized spacial score (nSPS) is 9.31. The first-order valence-corrected chi connectivity index (χ1v) is 5.01. The summed E-state index contributed by atoms with van der Waals surface area (Å²) in [6, 6.07) is 1.44. The van der Waals surface area contributed by atoms with E-state index in [1.54, 1.807) is 0 Å². The van der Waals surface area contributed by atoms with E-state index in [9.17, 15) is 9.59 Å². The quantitative estimate of drug-likeness (QED) is 0.606. The SMILES string of the molecule is O=C(O)CCCNC(=O)c1cc(Br)no1.[NaH]. The van der Waals surface area contributed by atoms with Crippen molar-refractivity contribution in [3.05, 3.63) is 16.4 Å². The van der Waals surface area contributed by atoms with E-state index < -0.39 is 11.9 Å². The fraction of sp³-hybridized carbons (Fsp3) is 0.375. The van der Waals surface area contributed by atoms with Gasteiger partial charge in [0.05, 0.1) is 0 Å². The predicted molar refractivity (Wildman–Crippen MR) is 60.6 cm³/mol. The van der Waals surface area contributed by atoms with Gasteiger partial charge in [0.1, 0.15) is 4.60 Å². The van der Waals surface area contributed by atoms with Gasteiger partial charge in [0.15, 0.2) is 0 Å². The monoisotopic (exact) mass is 300 g/mol. The average molecular weight is 301 g/mol. The first-order valence-electron chi connectivity index (χ1n) is 4.22. The Balaban J connectivity index is 0.00000225. The molecule has 16 heavy (non-hydrogen) atoms. The molecular weight excluding hydrogens is 291 g/mol. The number of rotatable bonds is 5. The Hall–Kier alpha value is -0.370. The second-order valence-electron chi connectivity index (χ2n) is 2.77. The number of hydrogen-bond donors (Lipinski definition) is 2. The number of carbonyl (C=O) groups is 2. The zero-order valence-electron chi connectivity index (χ0n) is 7.70. The van der Waals surface area contributed by atoms with Gasteiger partial charge in [0.2, 0.25) is 5.76 Å². The number of aliphatic carboxylic acids is 1. The number of halogens is 1. The minimum atomic E-state index is -0.883. The van der Waals surface area contributed by atoms with E-state index in [0.29, 0.717) is 17.6 Å². The van der Waals surface area contributed by atoms with E-state index in [1.165, 1.54) is 6.07 Å². The molecule has 2 N–H and O–H groups in total. The number of aromatic nitrogens is 1. The van der Waals surface area contributed by atoms with E-state index in [-0.39, 0.29) is 41.7 Å². The summed E-state index contributed by atoms with van der Waals surface area (Å²) in [5.74, 6) is -1.19. The van der Waals surface area contributed by atoms with E-state index >= 15 is 0 Å². The first-order chi connectivity index (χ1) is 7.09. The number of carboxylic acids is 1. The minimum absolute atomic E-state index is 0. The van der Waals surface area contributed by atoms with Crippen LogP contribution in [-0.2, 0) is 4.79 Å². The van der Waals surface area contributed by atoms with E-state index in [1.807, 2.05) is 0 Å². The average Bonchev–Trinajstić information content (AvgIpc) is 2.59. The van der Waals surface area contributed by atoms with Crippen LogP contribution in [-0.4, -0.2) is 58.2 Å². The molecule has 1 amide bonds. The van der Waals surface area contributed by atoms with Crippen molar-refractivity contribution in [3.8, 4) is 0 Å². The Morgan fingerprint density at radius 1 is 1.56 bits per heavy atom. The van der Waals surface area contributed by atoms with Gasteiger partial charge < -0.3 is 14.9 Å². The van der Waals surface area contributed by atoms with E-state index in [2.05, 4.69) is 30.9 Å². The zero-order chi connectivity index (χ0) is 11.3. The third-order valence-electron chi connectivity index (χ3n) is 1.56. The van der Waals surface area contributed by atoms with Crippen molar-refractivity contribution < 1.29 is 19.2 Å². The van der Waals surface area contributed by atoms with Gasteiger partial charge in [-0.2, -0.15) is 0 Å². The van der Waals surface area contributed by atoms with Gasteiger partial charge >= 0.3 is 35.5 Å². The molecule has 0 saturated heterocycles. The predicted octanol–water partition coefficient (Wildman–Crippen LogP) is 0.383. The molecule has 1 aromatic heterocycles. The third-order valence-corrected chi connectivity index (χ3v) is 1.93. The van der Waals surface area contributed by atoms with Gasteiger partial charge in [-0.1, -0.05) is 5.16 Å². The van der Waals surface area contributed by atoms with Crippen LogP contribution in [0.1, 0.15) is 23.4 Å². The molecule has 1 heterocycles. The summed E-state index contributed by atoms with van der Waals surface area (Å²) in [5, 5.41) is 14.3. The number of hydrogen-bond acceptors (Lipinski definition) is 4. The molecule has 6 nitrogen and oxygen atoms in total. The standard InChI is InChI=1S/C8H9BrN2O4.Na.H/c9-6-4-5(15-11-6)8(14)10-3-1-2-7(12)13;;/h4H,1-3H2,(H,10,14)(H,12,13);;. The van der Waals surface area contributed by atoms with E-state index in [4.69, 9.17) is 5.11 Å². The summed E-state index contributed by atoms with van der Waals surface area (Å²) in [6.07, 6.45) is 0.413. The Morgan fingerprint density at radius 2 is 2.25 bits per heavy atom. The number of carbonyl (C=O) groups excluding carboxylic acids is 1. The van der Waals surface area contributed by atoms with Gasteiger partial charge in [-0.15, -0.1) is 0 Å². The molecule has 8 heteroatoms. The Morgan fingerprint density at radius 3 is 2.75 bits per heavy atom. The second-order valence-corrected chi connectivity index (χ2v) is 3.58. The Bertz CT molecular complexity index is 369. The third kappa shape index (κ3) is 5.64. The summed E-state index contributed by atoms with van der Waals surface area (Å²) in [4.78, 5) is 21.5. The molecule has 0 saturated carbocycles. The molecular formula is C8H10BrN2NaO4. The van der Waals surface area contributed by atoms with Gasteiger partial charge in [-0.05, 0) is 22.4 Å². The topological polar surface area (TPSA) is 92.4 Å². The molecule has 84 valence electrons.